The molecule has 0 fully saturated rings. The van der Waals surface area contributed by atoms with Crippen LogP contribution in [-0.4, -0.2) is 38.9 Å². The fourth-order valence-electron chi connectivity index (χ4n) is 2.01. The molecule has 2 aromatic heterocycles. The van der Waals surface area contributed by atoms with Crippen molar-refractivity contribution in [2.24, 2.45) is 12.0 Å². The largest absolute Gasteiger partial charge is 0.384 e. The van der Waals surface area contributed by atoms with Gasteiger partial charge in [-0.25, -0.2) is 4.99 Å². The smallest absolute Gasteiger partial charge is 0.191 e. The Morgan fingerprint density at radius 1 is 1.43 bits per heavy atom. The van der Waals surface area contributed by atoms with Gasteiger partial charge in [0.25, 0.3) is 0 Å². The molecule has 3 N–H and O–H groups in total. The van der Waals surface area contributed by atoms with Gasteiger partial charge < -0.3 is 20.3 Å². The highest BCUT2D eigenvalue weighted by molar-refractivity contribution is 7.08. The minimum absolute atomic E-state index is 0.368. The zero-order chi connectivity index (χ0) is 16.9. The Bertz CT molecular complexity index is 647. The lowest BCUT2D eigenvalue weighted by Gasteiger charge is -2.24. The van der Waals surface area contributed by atoms with Crippen molar-refractivity contribution in [3.05, 3.63) is 34.0 Å². The molecule has 0 aliphatic carbocycles. The number of aryl methyl sites for hydroxylation is 1. The summed E-state index contributed by atoms with van der Waals surface area (Å²) in [4.78, 5) is 4.50. The molecule has 126 valence electrons. The van der Waals surface area contributed by atoms with Gasteiger partial charge in [0.1, 0.15) is 18.0 Å². The minimum atomic E-state index is -0.947. The number of hydrogen-bond donors (Lipinski definition) is 3. The lowest BCUT2D eigenvalue weighted by Crippen LogP contribution is -2.44. The molecule has 0 spiro atoms. The van der Waals surface area contributed by atoms with Crippen LogP contribution >= 0.6 is 11.3 Å². The summed E-state index contributed by atoms with van der Waals surface area (Å²) in [6, 6.07) is 1.93. The molecular weight excluding hydrogens is 312 g/mol. The molecule has 0 saturated carbocycles. The van der Waals surface area contributed by atoms with Gasteiger partial charge in [0.2, 0.25) is 0 Å². The van der Waals surface area contributed by atoms with Gasteiger partial charge in [-0.05, 0) is 43.2 Å². The topological polar surface area (TPSA) is 87.4 Å². The molecule has 0 bridgehead atoms. The summed E-state index contributed by atoms with van der Waals surface area (Å²) in [5.74, 6) is 2.29. The van der Waals surface area contributed by atoms with Crippen LogP contribution in [0.3, 0.4) is 0 Å². The van der Waals surface area contributed by atoms with Gasteiger partial charge >= 0.3 is 0 Å². The van der Waals surface area contributed by atoms with Gasteiger partial charge in [0, 0.05) is 13.6 Å². The van der Waals surface area contributed by atoms with E-state index in [0.717, 1.165) is 23.8 Å². The van der Waals surface area contributed by atoms with Crippen LogP contribution in [0.4, 0.5) is 0 Å². The number of nitrogens with one attached hydrogen (secondary N) is 2. The van der Waals surface area contributed by atoms with E-state index in [1.165, 1.54) is 0 Å². The zero-order valence-corrected chi connectivity index (χ0v) is 14.8. The van der Waals surface area contributed by atoms with Crippen LogP contribution in [0.1, 0.15) is 31.1 Å². The Kier molecular flexibility index (Phi) is 5.73. The summed E-state index contributed by atoms with van der Waals surface area (Å²) in [5, 5.41) is 28.9. The van der Waals surface area contributed by atoms with E-state index >= 15 is 0 Å². The first kappa shape index (κ1) is 17.4. The molecule has 8 heteroatoms. The van der Waals surface area contributed by atoms with Crippen LogP contribution < -0.4 is 10.6 Å². The maximum atomic E-state index is 10.6. The monoisotopic (exact) mass is 336 g/mol. The molecule has 1 atom stereocenters. The quantitative estimate of drug-likeness (QED) is 0.544. The second kappa shape index (κ2) is 7.56. The van der Waals surface area contributed by atoms with Crippen molar-refractivity contribution in [1.29, 1.82) is 0 Å². The number of rotatable bonds is 6. The van der Waals surface area contributed by atoms with Crippen LogP contribution in [0.5, 0.6) is 0 Å². The molecule has 2 heterocycles. The highest BCUT2D eigenvalue weighted by atomic mass is 32.1. The van der Waals surface area contributed by atoms with Gasteiger partial charge in [0.05, 0.1) is 6.54 Å². The summed E-state index contributed by atoms with van der Waals surface area (Å²) in [6.07, 6.45) is 0. The summed E-state index contributed by atoms with van der Waals surface area (Å²) >= 11 is 1.57. The summed E-state index contributed by atoms with van der Waals surface area (Å²) in [7, 11) is 1.92. The van der Waals surface area contributed by atoms with Gasteiger partial charge in [-0.3, -0.25) is 0 Å². The van der Waals surface area contributed by atoms with Crippen molar-refractivity contribution in [2.45, 2.75) is 32.9 Å². The molecule has 2 rings (SSSR count). The first-order valence-corrected chi connectivity index (χ1v) is 8.50. The molecule has 23 heavy (non-hydrogen) atoms. The Hall–Kier alpha value is -1.93. The fraction of sp³-hybridized carbons (Fsp3) is 0.533. The maximum Gasteiger partial charge on any atom is 0.191 e. The van der Waals surface area contributed by atoms with E-state index in [1.807, 2.05) is 42.3 Å². The average molecular weight is 336 g/mol. The molecular formula is C15H24N6OS. The molecule has 1 unspecified atom stereocenters. The van der Waals surface area contributed by atoms with Gasteiger partial charge in [0.15, 0.2) is 11.8 Å². The van der Waals surface area contributed by atoms with E-state index in [4.69, 9.17) is 0 Å². The third-order valence-electron chi connectivity index (χ3n) is 3.65. The number of guanidine groups is 1. The molecule has 0 amide bonds. The number of thiophene rings is 1. The standard InChI is InChI=1S/C15H24N6OS/c1-5-16-14(17-8-13-20-19-11(2)21(13)4)18-10-15(3,22)12-6-7-23-9-12/h6-7,9,22H,5,8,10H2,1-4H3,(H2,16,17,18). The van der Waals surface area contributed by atoms with Crippen molar-refractivity contribution in [3.63, 3.8) is 0 Å². The number of nitrogens with zero attached hydrogens (tertiary/aromatic N) is 4. The van der Waals surface area contributed by atoms with Gasteiger partial charge in [-0.1, -0.05) is 0 Å². The van der Waals surface area contributed by atoms with E-state index in [9.17, 15) is 5.11 Å². The first-order chi connectivity index (χ1) is 10.9. The molecule has 0 radical (unpaired) electrons. The van der Waals surface area contributed by atoms with Crippen molar-refractivity contribution < 1.29 is 5.11 Å². The van der Waals surface area contributed by atoms with Gasteiger partial charge in [-0.15, -0.1) is 10.2 Å². The molecule has 0 aliphatic rings. The van der Waals surface area contributed by atoms with Crippen LogP contribution in [0, 0.1) is 6.92 Å². The van der Waals surface area contributed by atoms with E-state index < -0.39 is 5.60 Å². The van der Waals surface area contributed by atoms with Crippen molar-refractivity contribution in [1.82, 2.24) is 25.4 Å². The highest BCUT2D eigenvalue weighted by Gasteiger charge is 2.23. The second-order valence-corrected chi connectivity index (χ2v) is 6.34. The van der Waals surface area contributed by atoms with Crippen LogP contribution in [0.2, 0.25) is 0 Å². The Morgan fingerprint density at radius 2 is 2.22 bits per heavy atom. The molecule has 0 aliphatic heterocycles. The number of aliphatic imine (C=N–C) groups is 1. The second-order valence-electron chi connectivity index (χ2n) is 5.56. The van der Waals surface area contributed by atoms with E-state index in [-0.39, 0.29) is 0 Å². The van der Waals surface area contributed by atoms with E-state index in [0.29, 0.717) is 19.0 Å². The van der Waals surface area contributed by atoms with Crippen LogP contribution in [0.25, 0.3) is 0 Å². The molecule has 7 nitrogen and oxygen atoms in total. The Labute approximate surface area is 140 Å². The predicted octanol–water partition coefficient (Wildman–Crippen LogP) is 1.15. The number of aromatic nitrogens is 3. The first-order valence-electron chi connectivity index (χ1n) is 7.56. The van der Waals surface area contributed by atoms with Crippen LogP contribution in [0.15, 0.2) is 21.8 Å². The lowest BCUT2D eigenvalue weighted by atomic mass is 9.99. The van der Waals surface area contributed by atoms with Crippen molar-refractivity contribution in [2.75, 3.05) is 13.1 Å². The number of hydrogen-bond acceptors (Lipinski definition) is 5. The zero-order valence-electron chi connectivity index (χ0n) is 14.0. The van der Waals surface area contributed by atoms with Gasteiger partial charge in [-0.2, -0.15) is 11.3 Å². The normalized spacial score (nSPS) is 14.6. The summed E-state index contributed by atoms with van der Waals surface area (Å²) < 4.78 is 1.91. The molecule has 0 aromatic carbocycles. The summed E-state index contributed by atoms with van der Waals surface area (Å²) in [6.45, 7) is 7.23. The minimum Gasteiger partial charge on any atom is -0.384 e. The highest BCUT2D eigenvalue weighted by Crippen LogP contribution is 2.21. The fourth-order valence-corrected chi connectivity index (χ4v) is 2.79. The van der Waals surface area contributed by atoms with Crippen molar-refractivity contribution in [3.8, 4) is 0 Å². The lowest BCUT2D eigenvalue weighted by molar-refractivity contribution is 0.0621. The summed E-state index contributed by atoms with van der Waals surface area (Å²) in [5.41, 5.74) is -0.0489. The van der Waals surface area contributed by atoms with Crippen LogP contribution in [-0.2, 0) is 19.2 Å². The van der Waals surface area contributed by atoms with E-state index in [1.54, 1.807) is 18.3 Å². The Morgan fingerprint density at radius 3 is 2.78 bits per heavy atom. The average Bonchev–Trinajstić information content (AvgIpc) is 3.15. The predicted molar refractivity (Wildman–Crippen MR) is 92.4 cm³/mol. The SMILES string of the molecule is CCNC(=NCc1nnc(C)n1C)NCC(C)(O)c1ccsc1. The molecule has 0 saturated heterocycles. The van der Waals surface area contributed by atoms with E-state index in [2.05, 4.69) is 25.8 Å². The van der Waals surface area contributed by atoms with Crippen molar-refractivity contribution >= 4 is 17.3 Å². The maximum absolute atomic E-state index is 10.6. The third kappa shape index (κ3) is 4.52. The third-order valence-corrected chi connectivity index (χ3v) is 4.33. The number of aliphatic hydroxyl groups is 1. The Balaban J connectivity index is 2.01. The molecule has 2 aromatic rings.